The molecule has 1 aromatic heterocycles. The second-order valence-corrected chi connectivity index (χ2v) is 8.58. The number of hydrogen-bond donors (Lipinski definition) is 1. The van der Waals surface area contributed by atoms with Gasteiger partial charge >= 0.3 is 5.97 Å². The molecule has 2 aromatic carbocycles. The second kappa shape index (κ2) is 9.36. The summed E-state index contributed by atoms with van der Waals surface area (Å²) in [6.45, 7) is 1.67. The van der Waals surface area contributed by atoms with Crippen LogP contribution >= 0.6 is 0 Å². The first-order chi connectivity index (χ1) is 14.3. The summed E-state index contributed by atoms with van der Waals surface area (Å²) >= 11 is 0. The first-order valence-electron chi connectivity index (χ1n) is 9.11. The lowest BCUT2D eigenvalue weighted by atomic mass is 10.1. The van der Waals surface area contributed by atoms with E-state index in [4.69, 9.17) is 9.26 Å². The Morgan fingerprint density at radius 2 is 1.70 bits per heavy atom. The van der Waals surface area contributed by atoms with Crippen molar-refractivity contribution in [3.05, 3.63) is 78.1 Å². The molecule has 8 nitrogen and oxygen atoms in total. The maximum Gasteiger partial charge on any atom is 0.307 e. The van der Waals surface area contributed by atoms with Gasteiger partial charge in [-0.05, 0) is 19.1 Å². The van der Waals surface area contributed by atoms with Gasteiger partial charge < -0.3 is 14.6 Å². The summed E-state index contributed by atoms with van der Waals surface area (Å²) in [6.07, 6.45) is -1.66. The number of carbonyl (C=O) groups is 2. The number of carbonyl (C=O) groups excluding carboxylic acids is 2. The molecule has 0 bridgehead atoms. The van der Waals surface area contributed by atoms with Crippen LogP contribution < -0.4 is 5.32 Å². The van der Waals surface area contributed by atoms with Crippen LogP contribution in [0.15, 0.2) is 76.1 Å². The zero-order valence-electron chi connectivity index (χ0n) is 16.1. The number of anilines is 1. The molecule has 0 aliphatic heterocycles. The standard InChI is InChI=1S/C21H20N2O6S/c1-15-14-18(23-29-15)22-21(25)20(16-8-4-2-5-9-16)28-19(24)12-13-30(26,27)17-10-6-3-7-11-17/h2-11,14,20H,12-13H2,1H3,(H,22,23,25). The fourth-order valence-electron chi connectivity index (χ4n) is 2.67. The van der Waals surface area contributed by atoms with Crippen LogP contribution in [0.25, 0.3) is 0 Å². The minimum Gasteiger partial charge on any atom is -0.447 e. The smallest absolute Gasteiger partial charge is 0.307 e. The van der Waals surface area contributed by atoms with Crippen molar-refractivity contribution in [2.24, 2.45) is 0 Å². The highest BCUT2D eigenvalue weighted by atomic mass is 32.2. The van der Waals surface area contributed by atoms with E-state index in [1.807, 2.05) is 0 Å². The lowest BCUT2D eigenvalue weighted by molar-refractivity contribution is -0.154. The molecule has 0 radical (unpaired) electrons. The molecule has 0 aliphatic rings. The van der Waals surface area contributed by atoms with E-state index < -0.39 is 40.0 Å². The summed E-state index contributed by atoms with van der Waals surface area (Å²) in [5.41, 5.74) is 0.439. The van der Waals surface area contributed by atoms with Gasteiger partial charge in [-0.2, -0.15) is 0 Å². The SMILES string of the molecule is Cc1cc(NC(=O)C(OC(=O)CCS(=O)(=O)c2ccccc2)c2ccccc2)no1. The van der Waals surface area contributed by atoms with Gasteiger partial charge in [-0.1, -0.05) is 53.7 Å². The Morgan fingerprint density at radius 3 is 2.30 bits per heavy atom. The largest absolute Gasteiger partial charge is 0.447 e. The van der Waals surface area contributed by atoms with Crippen molar-refractivity contribution in [1.82, 2.24) is 5.16 Å². The van der Waals surface area contributed by atoms with Crippen molar-refractivity contribution in [2.75, 3.05) is 11.1 Å². The van der Waals surface area contributed by atoms with Gasteiger partial charge in [0.1, 0.15) is 5.76 Å². The van der Waals surface area contributed by atoms with Crippen molar-refractivity contribution in [2.45, 2.75) is 24.3 Å². The van der Waals surface area contributed by atoms with Crippen LogP contribution in [0.4, 0.5) is 5.82 Å². The number of ether oxygens (including phenoxy) is 1. The maximum atomic E-state index is 12.7. The second-order valence-electron chi connectivity index (χ2n) is 6.47. The third kappa shape index (κ3) is 5.54. The van der Waals surface area contributed by atoms with Gasteiger partial charge in [-0.3, -0.25) is 9.59 Å². The average Bonchev–Trinajstić information content (AvgIpc) is 3.16. The van der Waals surface area contributed by atoms with E-state index >= 15 is 0 Å². The molecule has 1 N–H and O–H groups in total. The summed E-state index contributed by atoms with van der Waals surface area (Å²) < 4.78 is 35.0. The van der Waals surface area contributed by atoms with Crippen molar-refractivity contribution in [1.29, 1.82) is 0 Å². The Labute approximate surface area is 173 Å². The van der Waals surface area contributed by atoms with Gasteiger partial charge in [0.05, 0.1) is 17.1 Å². The molecule has 3 aromatic rings. The zero-order chi connectivity index (χ0) is 21.6. The highest BCUT2D eigenvalue weighted by molar-refractivity contribution is 7.91. The van der Waals surface area contributed by atoms with E-state index in [-0.39, 0.29) is 10.7 Å². The van der Waals surface area contributed by atoms with Crippen LogP contribution in [0.2, 0.25) is 0 Å². The quantitative estimate of drug-likeness (QED) is 0.548. The number of esters is 1. The number of benzene rings is 2. The summed E-state index contributed by atoms with van der Waals surface area (Å²) in [7, 11) is -3.65. The number of aryl methyl sites for hydroxylation is 1. The highest BCUT2D eigenvalue weighted by Gasteiger charge is 2.27. The Bertz CT molecular complexity index is 1110. The third-order valence-electron chi connectivity index (χ3n) is 4.15. The minimum absolute atomic E-state index is 0.122. The predicted octanol–water partition coefficient (Wildman–Crippen LogP) is 3.07. The summed E-state index contributed by atoms with van der Waals surface area (Å²) in [6, 6.07) is 17.8. The topological polar surface area (TPSA) is 116 Å². The molecule has 0 saturated carbocycles. The summed E-state index contributed by atoms with van der Waals surface area (Å²) in [4.78, 5) is 25.2. The van der Waals surface area contributed by atoms with Crippen LogP contribution in [0.5, 0.6) is 0 Å². The summed E-state index contributed by atoms with van der Waals surface area (Å²) in [5.74, 6) is -1.18. The first kappa shape index (κ1) is 21.3. The Morgan fingerprint density at radius 1 is 1.07 bits per heavy atom. The molecule has 0 spiro atoms. The van der Waals surface area contributed by atoms with Crippen LogP contribution in [0.1, 0.15) is 23.8 Å². The number of rotatable bonds is 8. The van der Waals surface area contributed by atoms with E-state index in [1.165, 1.54) is 18.2 Å². The predicted molar refractivity (Wildman–Crippen MR) is 108 cm³/mol. The Kier molecular flexibility index (Phi) is 6.63. The molecule has 1 amide bonds. The van der Waals surface area contributed by atoms with Gasteiger partial charge in [0.25, 0.3) is 5.91 Å². The fraction of sp³-hybridized carbons (Fsp3) is 0.190. The summed E-state index contributed by atoms with van der Waals surface area (Å²) in [5, 5.41) is 6.21. The monoisotopic (exact) mass is 428 g/mol. The number of nitrogens with zero attached hydrogens (tertiary/aromatic N) is 1. The Hall–Kier alpha value is -3.46. The molecule has 9 heteroatoms. The van der Waals surface area contributed by atoms with E-state index in [2.05, 4.69) is 10.5 Å². The van der Waals surface area contributed by atoms with Gasteiger partial charge in [0, 0.05) is 11.6 Å². The molecule has 0 aliphatic carbocycles. The molecule has 156 valence electrons. The minimum atomic E-state index is -3.65. The van der Waals surface area contributed by atoms with Crippen LogP contribution in [0.3, 0.4) is 0 Å². The van der Waals surface area contributed by atoms with Crippen molar-refractivity contribution >= 4 is 27.5 Å². The molecule has 0 saturated heterocycles. The number of amides is 1. The van der Waals surface area contributed by atoms with Crippen LogP contribution in [-0.2, 0) is 24.2 Å². The molecule has 30 heavy (non-hydrogen) atoms. The van der Waals surface area contributed by atoms with Gasteiger partial charge in [0.15, 0.2) is 15.7 Å². The number of nitrogens with one attached hydrogen (secondary N) is 1. The van der Waals surface area contributed by atoms with Gasteiger partial charge in [0.2, 0.25) is 6.10 Å². The van der Waals surface area contributed by atoms with E-state index in [0.717, 1.165) is 0 Å². The number of aromatic nitrogens is 1. The lowest BCUT2D eigenvalue weighted by Crippen LogP contribution is -2.26. The first-order valence-corrected chi connectivity index (χ1v) is 10.8. The fourth-order valence-corrected chi connectivity index (χ4v) is 3.91. The van der Waals surface area contributed by atoms with Crippen LogP contribution in [-0.4, -0.2) is 31.2 Å². The molecule has 0 fully saturated rings. The van der Waals surface area contributed by atoms with Crippen LogP contribution in [0, 0.1) is 6.92 Å². The molecule has 1 heterocycles. The third-order valence-corrected chi connectivity index (χ3v) is 5.88. The van der Waals surface area contributed by atoms with E-state index in [1.54, 1.807) is 55.5 Å². The average molecular weight is 428 g/mol. The van der Waals surface area contributed by atoms with Crippen molar-refractivity contribution < 1.29 is 27.3 Å². The maximum absolute atomic E-state index is 12.7. The van der Waals surface area contributed by atoms with E-state index in [0.29, 0.717) is 11.3 Å². The zero-order valence-corrected chi connectivity index (χ0v) is 17.0. The molecule has 1 unspecified atom stereocenters. The lowest BCUT2D eigenvalue weighted by Gasteiger charge is -2.17. The van der Waals surface area contributed by atoms with Gasteiger partial charge in [-0.15, -0.1) is 0 Å². The number of sulfone groups is 1. The molecule has 3 rings (SSSR count). The van der Waals surface area contributed by atoms with Crippen molar-refractivity contribution in [3.63, 3.8) is 0 Å². The van der Waals surface area contributed by atoms with E-state index in [9.17, 15) is 18.0 Å². The van der Waals surface area contributed by atoms with Gasteiger partial charge in [-0.25, -0.2) is 8.42 Å². The molecular formula is C21H20N2O6S. The normalized spacial score (nSPS) is 12.2. The Balaban J connectivity index is 1.69. The molecule has 1 atom stereocenters. The highest BCUT2D eigenvalue weighted by Crippen LogP contribution is 2.21. The van der Waals surface area contributed by atoms with Crippen molar-refractivity contribution in [3.8, 4) is 0 Å². The molecular weight excluding hydrogens is 408 g/mol. The number of hydrogen-bond acceptors (Lipinski definition) is 7.